The predicted molar refractivity (Wildman–Crippen MR) is 72.6 cm³/mol. The number of aromatic amines is 1. The first-order valence-corrected chi connectivity index (χ1v) is 7.51. The molecule has 7 heteroatoms. The average molecular weight is 278 g/mol. The largest absolute Gasteiger partial charge is 0.385 e. The third kappa shape index (κ3) is 2.41. The Kier molecular flexibility index (Phi) is 2.90. The molecule has 6 nitrogen and oxygen atoms in total. The standard InChI is InChI=1S/C12H14N4O2S/c17-19(18,12-7-13-8-15-12)16-10-3-4-11-9(6-10)2-1-5-14-11/h3-4,6-8,14,16H,1-2,5H2,(H,13,15). The Morgan fingerprint density at radius 1 is 1.32 bits per heavy atom. The van der Waals surface area contributed by atoms with Crippen LogP contribution in [-0.4, -0.2) is 24.9 Å². The van der Waals surface area contributed by atoms with Crippen LogP contribution in [0.3, 0.4) is 0 Å². The van der Waals surface area contributed by atoms with Gasteiger partial charge in [0.1, 0.15) is 0 Å². The van der Waals surface area contributed by atoms with E-state index in [1.807, 2.05) is 12.1 Å². The molecule has 0 amide bonds. The van der Waals surface area contributed by atoms with Crippen molar-refractivity contribution < 1.29 is 8.42 Å². The van der Waals surface area contributed by atoms with E-state index in [9.17, 15) is 8.42 Å². The van der Waals surface area contributed by atoms with Crippen LogP contribution < -0.4 is 10.0 Å². The summed E-state index contributed by atoms with van der Waals surface area (Å²) in [6.07, 6.45) is 4.64. The molecule has 0 saturated carbocycles. The number of anilines is 2. The summed E-state index contributed by atoms with van der Waals surface area (Å²) < 4.78 is 26.6. The van der Waals surface area contributed by atoms with Gasteiger partial charge in [-0.1, -0.05) is 0 Å². The first kappa shape index (κ1) is 12.0. The van der Waals surface area contributed by atoms with Gasteiger partial charge in [-0.25, -0.2) is 4.98 Å². The summed E-state index contributed by atoms with van der Waals surface area (Å²) in [6, 6.07) is 5.53. The van der Waals surface area contributed by atoms with E-state index in [-0.39, 0.29) is 5.03 Å². The molecule has 0 radical (unpaired) electrons. The van der Waals surface area contributed by atoms with Crippen LogP contribution in [0.1, 0.15) is 12.0 Å². The molecule has 1 aliphatic heterocycles. The summed E-state index contributed by atoms with van der Waals surface area (Å²) in [6.45, 7) is 0.965. The highest BCUT2D eigenvalue weighted by Crippen LogP contribution is 2.26. The number of benzene rings is 1. The average Bonchev–Trinajstić information content (AvgIpc) is 2.93. The van der Waals surface area contributed by atoms with Gasteiger partial charge < -0.3 is 10.3 Å². The van der Waals surface area contributed by atoms with Gasteiger partial charge in [0.25, 0.3) is 10.0 Å². The summed E-state index contributed by atoms with van der Waals surface area (Å²) in [5.74, 6) is 0. The number of imidazole rings is 1. The molecule has 2 heterocycles. The number of hydrogen-bond donors (Lipinski definition) is 3. The molecule has 0 spiro atoms. The van der Waals surface area contributed by atoms with E-state index in [1.165, 1.54) is 12.5 Å². The maximum atomic E-state index is 12.0. The van der Waals surface area contributed by atoms with Crippen molar-refractivity contribution in [2.75, 3.05) is 16.6 Å². The summed E-state index contributed by atoms with van der Waals surface area (Å²) in [7, 11) is -3.58. The molecule has 19 heavy (non-hydrogen) atoms. The lowest BCUT2D eigenvalue weighted by Gasteiger charge is -2.18. The molecule has 3 N–H and O–H groups in total. The molecule has 0 unspecified atom stereocenters. The summed E-state index contributed by atoms with van der Waals surface area (Å²) in [4.78, 5) is 6.30. The number of rotatable bonds is 3. The minimum Gasteiger partial charge on any atom is -0.385 e. The Morgan fingerprint density at radius 2 is 2.21 bits per heavy atom. The Morgan fingerprint density at radius 3 is 3.00 bits per heavy atom. The molecule has 0 fully saturated rings. The van der Waals surface area contributed by atoms with Crippen LogP contribution in [0, 0.1) is 0 Å². The van der Waals surface area contributed by atoms with Gasteiger partial charge in [0.15, 0.2) is 5.03 Å². The molecule has 1 aliphatic rings. The summed E-state index contributed by atoms with van der Waals surface area (Å²) >= 11 is 0. The Balaban J connectivity index is 1.88. The number of hydrogen-bond acceptors (Lipinski definition) is 4. The molecule has 100 valence electrons. The fraction of sp³-hybridized carbons (Fsp3) is 0.250. The number of nitrogens with one attached hydrogen (secondary N) is 3. The quantitative estimate of drug-likeness (QED) is 0.795. The van der Waals surface area contributed by atoms with Gasteiger partial charge in [0.05, 0.1) is 12.5 Å². The van der Waals surface area contributed by atoms with Crippen molar-refractivity contribution in [2.45, 2.75) is 17.9 Å². The molecule has 1 aromatic carbocycles. The zero-order valence-electron chi connectivity index (χ0n) is 10.2. The highest BCUT2D eigenvalue weighted by Gasteiger charge is 2.16. The fourth-order valence-electron chi connectivity index (χ4n) is 2.14. The van der Waals surface area contributed by atoms with E-state index in [0.29, 0.717) is 5.69 Å². The van der Waals surface area contributed by atoms with Crippen molar-refractivity contribution in [3.63, 3.8) is 0 Å². The van der Waals surface area contributed by atoms with Gasteiger partial charge in [-0.05, 0) is 36.6 Å². The molecule has 2 aromatic rings. The van der Waals surface area contributed by atoms with Crippen LogP contribution in [-0.2, 0) is 16.4 Å². The zero-order valence-corrected chi connectivity index (χ0v) is 11.0. The maximum absolute atomic E-state index is 12.0. The molecule has 1 aromatic heterocycles. The minimum absolute atomic E-state index is 0.0587. The van der Waals surface area contributed by atoms with Gasteiger partial charge in [-0.15, -0.1) is 0 Å². The van der Waals surface area contributed by atoms with Crippen LogP contribution in [0.15, 0.2) is 35.7 Å². The van der Waals surface area contributed by atoms with Crippen molar-refractivity contribution in [1.29, 1.82) is 0 Å². The second-order valence-corrected chi connectivity index (χ2v) is 6.07. The van der Waals surface area contributed by atoms with E-state index >= 15 is 0 Å². The molecular formula is C12H14N4O2S. The molecule has 0 saturated heterocycles. The smallest absolute Gasteiger partial charge is 0.278 e. The third-order valence-corrected chi connectivity index (χ3v) is 4.37. The monoisotopic (exact) mass is 278 g/mol. The zero-order chi connectivity index (χ0) is 13.3. The normalized spacial score (nSPS) is 14.5. The Hall–Kier alpha value is -2.02. The van der Waals surface area contributed by atoms with Gasteiger partial charge in [-0.2, -0.15) is 8.42 Å². The molecule has 0 atom stereocenters. The van der Waals surface area contributed by atoms with Gasteiger partial charge in [0.2, 0.25) is 0 Å². The number of aryl methyl sites for hydroxylation is 1. The predicted octanol–water partition coefficient (Wildman–Crippen LogP) is 1.57. The maximum Gasteiger partial charge on any atom is 0.278 e. The van der Waals surface area contributed by atoms with Crippen LogP contribution in [0.4, 0.5) is 11.4 Å². The Bertz CT molecular complexity index is 680. The van der Waals surface area contributed by atoms with E-state index < -0.39 is 10.0 Å². The van der Waals surface area contributed by atoms with Crippen LogP contribution in [0.25, 0.3) is 0 Å². The van der Waals surface area contributed by atoms with Gasteiger partial charge in [-0.3, -0.25) is 4.72 Å². The minimum atomic E-state index is -3.58. The van der Waals surface area contributed by atoms with Crippen molar-refractivity contribution in [2.24, 2.45) is 0 Å². The Labute approximate surface area is 111 Å². The molecule has 0 bridgehead atoms. The van der Waals surface area contributed by atoms with Crippen molar-refractivity contribution >= 4 is 21.4 Å². The number of fused-ring (bicyclic) bond motifs is 1. The summed E-state index contributed by atoms with van der Waals surface area (Å²) in [5.41, 5.74) is 2.78. The number of nitrogens with zero attached hydrogens (tertiary/aromatic N) is 1. The first-order valence-electron chi connectivity index (χ1n) is 6.03. The lowest BCUT2D eigenvalue weighted by Crippen LogP contribution is -2.15. The topological polar surface area (TPSA) is 86.9 Å². The summed E-state index contributed by atoms with van der Waals surface area (Å²) in [5, 5.41) is 3.35. The highest BCUT2D eigenvalue weighted by molar-refractivity contribution is 7.92. The lowest BCUT2D eigenvalue weighted by atomic mass is 10.0. The van der Waals surface area contributed by atoms with Crippen LogP contribution in [0.2, 0.25) is 0 Å². The van der Waals surface area contributed by atoms with Crippen LogP contribution >= 0.6 is 0 Å². The molecular weight excluding hydrogens is 264 g/mol. The van der Waals surface area contributed by atoms with Crippen molar-refractivity contribution in [3.05, 3.63) is 36.3 Å². The number of sulfonamides is 1. The van der Waals surface area contributed by atoms with Crippen LogP contribution in [0.5, 0.6) is 0 Å². The first-order chi connectivity index (χ1) is 9.15. The highest BCUT2D eigenvalue weighted by atomic mass is 32.2. The van der Waals surface area contributed by atoms with Gasteiger partial charge >= 0.3 is 0 Å². The number of H-pyrrole nitrogens is 1. The van der Waals surface area contributed by atoms with E-state index in [4.69, 9.17) is 0 Å². The van der Waals surface area contributed by atoms with Crippen molar-refractivity contribution in [3.8, 4) is 0 Å². The molecule has 0 aliphatic carbocycles. The second-order valence-electron chi connectivity index (χ2n) is 4.42. The van der Waals surface area contributed by atoms with Gasteiger partial charge in [0, 0.05) is 17.9 Å². The number of aromatic nitrogens is 2. The SMILES string of the molecule is O=S(=O)(Nc1ccc2c(c1)CCCN2)c1cnc[nH]1. The van der Waals surface area contributed by atoms with E-state index in [0.717, 1.165) is 30.6 Å². The third-order valence-electron chi connectivity index (χ3n) is 3.06. The molecule has 3 rings (SSSR count). The second kappa shape index (κ2) is 4.58. The van der Waals surface area contributed by atoms with Crippen molar-refractivity contribution in [1.82, 2.24) is 9.97 Å². The lowest BCUT2D eigenvalue weighted by molar-refractivity contribution is 0.598. The van der Waals surface area contributed by atoms with E-state index in [1.54, 1.807) is 6.07 Å². The van der Waals surface area contributed by atoms with E-state index in [2.05, 4.69) is 20.0 Å². The fourth-order valence-corrected chi connectivity index (χ4v) is 3.09.